The van der Waals surface area contributed by atoms with Crippen LogP contribution in [0.1, 0.15) is 23.1 Å². The molecule has 7 heteroatoms. The molecule has 0 fully saturated rings. The lowest BCUT2D eigenvalue weighted by atomic mass is 10.2. The number of nitrogens with zero attached hydrogens (tertiary/aromatic N) is 3. The van der Waals surface area contributed by atoms with E-state index in [0.29, 0.717) is 17.9 Å². The molecule has 0 atom stereocenters. The van der Waals surface area contributed by atoms with Gasteiger partial charge in [-0.25, -0.2) is 0 Å². The number of aromatic nitrogens is 4. The monoisotopic (exact) mass is 234 g/mol. The van der Waals surface area contributed by atoms with Crippen LogP contribution in [-0.2, 0) is 13.5 Å². The summed E-state index contributed by atoms with van der Waals surface area (Å²) in [4.78, 5) is 11.9. The minimum Gasteiger partial charge on any atom is -0.395 e. The van der Waals surface area contributed by atoms with Crippen LogP contribution in [0.2, 0.25) is 0 Å². The van der Waals surface area contributed by atoms with Gasteiger partial charge in [0.1, 0.15) is 5.82 Å². The zero-order valence-corrected chi connectivity index (χ0v) is 9.69. The quantitative estimate of drug-likeness (QED) is 0.721. The first-order chi connectivity index (χ1) is 8.13. The predicted octanol–water partition coefficient (Wildman–Crippen LogP) is 0.540. The minimum atomic E-state index is -0.345. The topological polar surface area (TPSA) is 102 Å². The highest BCUT2D eigenvalue weighted by atomic mass is 16.2. The van der Waals surface area contributed by atoms with Crippen LogP contribution in [0, 0.1) is 0 Å². The van der Waals surface area contributed by atoms with E-state index >= 15 is 0 Å². The van der Waals surface area contributed by atoms with E-state index in [1.165, 1.54) is 0 Å². The largest absolute Gasteiger partial charge is 0.395 e. The van der Waals surface area contributed by atoms with Crippen LogP contribution in [0.3, 0.4) is 0 Å². The Hall–Kier alpha value is -2.31. The molecule has 0 aliphatic heterocycles. The van der Waals surface area contributed by atoms with Gasteiger partial charge in [0.2, 0.25) is 0 Å². The van der Waals surface area contributed by atoms with Gasteiger partial charge in [-0.3, -0.25) is 14.6 Å². The molecule has 1 amide bonds. The van der Waals surface area contributed by atoms with Crippen molar-refractivity contribution in [1.82, 2.24) is 20.0 Å². The molecule has 0 aromatic carbocycles. The van der Waals surface area contributed by atoms with Crippen molar-refractivity contribution in [3.63, 3.8) is 0 Å². The summed E-state index contributed by atoms with van der Waals surface area (Å²) in [7, 11) is 1.74. The molecule has 2 aromatic heterocycles. The Bertz CT molecular complexity index is 541. The second kappa shape index (κ2) is 4.28. The maximum atomic E-state index is 11.9. The third-order valence-electron chi connectivity index (χ3n) is 2.51. The number of carbonyl (C=O) groups excluding carboxylic acids is 1. The van der Waals surface area contributed by atoms with Gasteiger partial charge in [-0.15, -0.1) is 0 Å². The Labute approximate surface area is 98.0 Å². The molecule has 0 unspecified atom stereocenters. The van der Waals surface area contributed by atoms with Gasteiger partial charge >= 0.3 is 0 Å². The van der Waals surface area contributed by atoms with Crippen molar-refractivity contribution in [2.45, 2.75) is 13.3 Å². The number of carbonyl (C=O) groups is 1. The molecule has 0 aliphatic rings. The van der Waals surface area contributed by atoms with Crippen LogP contribution in [0.4, 0.5) is 11.5 Å². The minimum absolute atomic E-state index is 0.211. The number of hydrogen-bond donors (Lipinski definition) is 3. The molecule has 17 heavy (non-hydrogen) atoms. The van der Waals surface area contributed by atoms with E-state index in [9.17, 15) is 4.79 Å². The standard InChI is InChI=1S/C10H14N6O/c1-3-6-8(11)9(15-14-6)10(17)13-7-4-5-12-16(7)2/h4-5H,3,11H2,1-2H3,(H,13,17)(H,14,15). The van der Waals surface area contributed by atoms with Crippen LogP contribution in [-0.4, -0.2) is 25.9 Å². The fraction of sp³-hybridized carbons (Fsp3) is 0.300. The Morgan fingerprint density at radius 2 is 2.41 bits per heavy atom. The molecular formula is C10H14N6O. The van der Waals surface area contributed by atoms with Crippen molar-refractivity contribution in [2.75, 3.05) is 11.1 Å². The van der Waals surface area contributed by atoms with E-state index in [1.54, 1.807) is 24.0 Å². The molecule has 0 bridgehead atoms. The number of anilines is 2. The highest BCUT2D eigenvalue weighted by Gasteiger charge is 2.17. The molecule has 4 N–H and O–H groups in total. The van der Waals surface area contributed by atoms with Crippen molar-refractivity contribution in [3.05, 3.63) is 23.7 Å². The average molecular weight is 234 g/mol. The molecule has 90 valence electrons. The average Bonchev–Trinajstić information content (AvgIpc) is 2.86. The Morgan fingerprint density at radius 3 is 2.94 bits per heavy atom. The zero-order chi connectivity index (χ0) is 12.4. The van der Waals surface area contributed by atoms with Gasteiger partial charge in [0, 0.05) is 13.1 Å². The molecule has 2 aromatic rings. The molecule has 2 heterocycles. The summed E-state index contributed by atoms with van der Waals surface area (Å²) in [5, 5.41) is 13.3. The summed E-state index contributed by atoms with van der Waals surface area (Å²) in [6.07, 6.45) is 2.30. The number of rotatable bonds is 3. The number of hydrogen-bond acceptors (Lipinski definition) is 4. The summed E-state index contributed by atoms with van der Waals surface area (Å²) in [6, 6.07) is 1.70. The molecule has 0 saturated heterocycles. The second-order valence-electron chi connectivity index (χ2n) is 3.61. The zero-order valence-electron chi connectivity index (χ0n) is 9.69. The summed E-state index contributed by atoms with van der Waals surface area (Å²) in [5.41, 5.74) is 7.18. The van der Waals surface area contributed by atoms with Crippen LogP contribution in [0.15, 0.2) is 12.3 Å². The lowest BCUT2D eigenvalue weighted by molar-refractivity contribution is 0.102. The Balaban J connectivity index is 2.20. The predicted molar refractivity (Wildman–Crippen MR) is 63.5 cm³/mol. The van der Waals surface area contributed by atoms with Gasteiger partial charge in [0.15, 0.2) is 5.69 Å². The Morgan fingerprint density at radius 1 is 1.65 bits per heavy atom. The Kier molecular flexibility index (Phi) is 2.82. The SMILES string of the molecule is CCc1[nH]nc(C(=O)Nc2ccnn2C)c1N. The molecule has 7 nitrogen and oxygen atoms in total. The molecule has 0 aliphatic carbocycles. The van der Waals surface area contributed by atoms with Crippen LogP contribution >= 0.6 is 0 Å². The maximum Gasteiger partial charge on any atom is 0.279 e. The van der Waals surface area contributed by atoms with Gasteiger partial charge < -0.3 is 11.1 Å². The molecule has 0 saturated carbocycles. The van der Waals surface area contributed by atoms with E-state index in [1.807, 2.05) is 6.92 Å². The summed E-state index contributed by atoms with van der Waals surface area (Å²) in [6.45, 7) is 1.94. The number of nitrogens with two attached hydrogens (primary N) is 1. The van der Waals surface area contributed by atoms with E-state index in [-0.39, 0.29) is 11.6 Å². The number of nitrogens with one attached hydrogen (secondary N) is 2. The lowest BCUT2D eigenvalue weighted by Crippen LogP contribution is -2.16. The van der Waals surface area contributed by atoms with Crippen molar-refractivity contribution in [2.24, 2.45) is 7.05 Å². The fourth-order valence-corrected chi connectivity index (χ4v) is 1.50. The van der Waals surface area contributed by atoms with Crippen molar-refractivity contribution in [1.29, 1.82) is 0 Å². The molecule has 0 spiro atoms. The number of H-pyrrole nitrogens is 1. The van der Waals surface area contributed by atoms with Gasteiger partial charge in [-0.1, -0.05) is 6.92 Å². The van der Waals surface area contributed by atoms with Crippen molar-refractivity contribution < 1.29 is 4.79 Å². The highest BCUT2D eigenvalue weighted by Crippen LogP contribution is 2.16. The normalized spacial score (nSPS) is 10.5. The van der Waals surface area contributed by atoms with Crippen molar-refractivity contribution in [3.8, 4) is 0 Å². The maximum absolute atomic E-state index is 11.9. The summed E-state index contributed by atoms with van der Waals surface area (Å²) in [5.74, 6) is 0.248. The smallest absolute Gasteiger partial charge is 0.279 e. The third kappa shape index (κ3) is 1.99. The van der Waals surface area contributed by atoms with E-state index in [4.69, 9.17) is 5.73 Å². The van der Waals surface area contributed by atoms with E-state index < -0.39 is 0 Å². The van der Waals surface area contributed by atoms with Crippen LogP contribution in [0.5, 0.6) is 0 Å². The first kappa shape index (κ1) is 11.2. The highest BCUT2D eigenvalue weighted by molar-refractivity contribution is 6.06. The number of aryl methyl sites for hydroxylation is 2. The third-order valence-corrected chi connectivity index (χ3v) is 2.51. The molecular weight excluding hydrogens is 220 g/mol. The summed E-state index contributed by atoms with van der Waals surface area (Å²) >= 11 is 0. The van der Waals surface area contributed by atoms with E-state index in [0.717, 1.165) is 5.69 Å². The number of nitrogen functional groups attached to an aromatic ring is 1. The fourth-order valence-electron chi connectivity index (χ4n) is 1.50. The lowest BCUT2D eigenvalue weighted by Gasteiger charge is -2.03. The van der Waals surface area contributed by atoms with Gasteiger partial charge in [0.05, 0.1) is 17.6 Å². The van der Waals surface area contributed by atoms with Crippen LogP contribution in [0.25, 0.3) is 0 Å². The summed E-state index contributed by atoms with van der Waals surface area (Å²) < 4.78 is 1.56. The van der Waals surface area contributed by atoms with Gasteiger partial charge in [-0.05, 0) is 6.42 Å². The number of aromatic amines is 1. The van der Waals surface area contributed by atoms with Gasteiger partial charge in [-0.2, -0.15) is 10.2 Å². The second-order valence-corrected chi connectivity index (χ2v) is 3.61. The van der Waals surface area contributed by atoms with Crippen molar-refractivity contribution >= 4 is 17.4 Å². The molecule has 0 radical (unpaired) electrons. The van der Waals surface area contributed by atoms with Gasteiger partial charge in [0.25, 0.3) is 5.91 Å². The van der Waals surface area contributed by atoms with E-state index in [2.05, 4.69) is 20.6 Å². The first-order valence-electron chi connectivity index (χ1n) is 5.25. The van der Waals surface area contributed by atoms with Crippen LogP contribution < -0.4 is 11.1 Å². The first-order valence-corrected chi connectivity index (χ1v) is 5.25. The molecule has 2 rings (SSSR count). The number of amides is 1.